The fraction of sp³-hybridized carbons (Fsp3) is 0. The summed E-state index contributed by atoms with van der Waals surface area (Å²) in [5.41, 5.74) is 6.57. The van der Waals surface area contributed by atoms with Gasteiger partial charge in [0, 0.05) is 11.3 Å². The quantitative estimate of drug-likeness (QED) is 0.736. The number of hydrogen-bond donors (Lipinski definition) is 3. The average Bonchev–Trinajstić information content (AvgIpc) is 2.38. The molecule has 1 amide bonds. The number of carbonyl (C=O) groups excluding carboxylic acids is 1. The highest BCUT2D eigenvalue weighted by molar-refractivity contribution is 7.89. The number of nitrogens with one attached hydrogen (secondary N) is 1. The third-order valence-electron chi connectivity index (χ3n) is 2.61. The summed E-state index contributed by atoms with van der Waals surface area (Å²) >= 11 is 0. The van der Waals surface area contributed by atoms with E-state index in [4.69, 9.17) is 10.9 Å². The first-order chi connectivity index (χ1) is 9.38. The van der Waals surface area contributed by atoms with Gasteiger partial charge in [-0.05, 0) is 36.4 Å². The van der Waals surface area contributed by atoms with Crippen LogP contribution in [0.5, 0.6) is 0 Å². The summed E-state index contributed by atoms with van der Waals surface area (Å²) < 4.78 is 22.9. The minimum absolute atomic E-state index is 0.135. The normalized spacial score (nSPS) is 11.1. The van der Waals surface area contributed by atoms with Crippen LogP contribution in [0.2, 0.25) is 0 Å². The molecule has 2 aromatic carbocycles. The molecule has 0 unspecified atom stereocenters. The number of anilines is 2. The summed E-state index contributed by atoms with van der Waals surface area (Å²) in [6.45, 7) is 0. The highest BCUT2D eigenvalue weighted by Crippen LogP contribution is 2.20. The molecular formula is C13H13N3O3S. The lowest BCUT2D eigenvalue weighted by atomic mass is 10.2. The van der Waals surface area contributed by atoms with E-state index in [-0.39, 0.29) is 10.6 Å². The van der Waals surface area contributed by atoms with Crippen molar-refractivity contribution in [1.29, 1.82) is 0 Å². The lowest BCUT2D eigenvalue weighted by Crippen LogP contribution is -2.18. The van der Waals surface area contributed by atoms with Crippen molar-refractivity contribution in [2.45, 2.75) is 4.90 Å². The van der Waals surface area contributed by atoms with Crippen LogP contribution in [0.15, 0.2) is 53.4 Å². The van der Waals surface area contributed by atoms with Crippen LogP contribution in [0.3, 0.4) is 0 Å². The molecule has 0 saturated carbocycles. The van der Waals surface area contributed by atoms with Gasteiger partial charge in [0.1, 0.15) is 4.90 Å². The minimum Gasteiger partial charge on any atom is -0.399 e. The Labute approximate surface area is 116 Å². The van der Waals surface area contributed by atoms with Crippen LogP contribution >= 0.6 is 0 Å². The van der Waals surface area contributed by atoms with Gasteiger partial charge < -0.3 is 11.1 Å². The Morgan fingerprint density at radius 2 is 1.60 bits per heavy atom. The van der Waals surface area contributed by atoms with Crippen molar-refractivity contribution in [3.05, 3.63) is 54.1 Å². The lowest BCUT2D eigenvalue weighted by molar-refractivity contribution is 0.102. The fourth-order valence-corrected chi connectivity index (χ4v) is 2.34. The highest BCUT2D eigenvalue weighted by Gasteiger charge is 2.15. The third-order valence-corrected chi connectivity index (χ3v) is 3.58. The van der Waals surface area contributed by atoms with Gasteiger partial charge in [-0.3, -0.25) is 4.79 Å². The van der Waals surface area contributed by atoms with E-state index in [0.29, 0.717) is 11.3 Å². The van der Waals surface area contributed by atoms with Crippen LogP contribution in [0.25, 0.3) is 0 Å². The molecular weight excluding hydrogens is 278 g/mol. The third kappa shape index (κ3) is 3.14. The van der Waals surface area contributed by atoms with Crippen molar-refractivity contribution in [3.63, 3.8) is 0 Å². The van der Waals surface area contributed by atoms with E-state index in [1.807, 2.05) is 0 Å². The Hall–Kier alpha value is -2.38. The molecule has 0 radical (unpaired) electrons. The molecule has 0 bridgehead atoms. The van der Waals surface area contributed by atoms with E-state index in [2.05, 4.69) is 5.32 Å². The Morgan fingerprint density at radius 3 is 2.20 bits per heavy atom. The van der Waals surface area contributed by atoms with Gasteiger partial charge in [-0.25, -0.2) is 13.6 Å². The second kappa shape index (κ2) is 5.32. The number of sulfonamides is 1. The molecule has 2 aromatic rings. The molecule has 0 aliphatic rings. The van der Waals surface area contributed by atoms with Gasteiger partial charge in [-0.2, -0.15) is 0 Å². The minimum atomic E-state index is -3.90. The Balaban J connectivity index is 2.31. The standard InChI is InChI=1S/C13H13N3O3S/c14-10-7-5-9(6-8-10)13(17)16-11-3-1-2-4-12(11)20(15,18)19/h1-8H,14H2,(H,16,17)(H2,15,18,19). The number of nitrogen functional groups attached to an aromatic ring is 1. The van der Waals surface area contributed by atoms with Crippen molar-refractivity contribution in [2.75, 3.05) is 11.1 Å². The summed E-state index contributed by atoms with van der Waals surface area (Å²) in [5, 5.41) is 7.61. The number of nitrogens with two attached hydrogens (primary N) is 2. The molecule has 0 atom stereocenters. The lowest BCUT2D eigenvalue weighted by Gasteiger charge is -2.09. The van der Waals surface area contributed by atoms with E-state index in [9.17, 15) is 13.2 Å². The topological polar surface area (TPSA) is 115 Å². The van der Waals surface area contributed by atoms with Crippen molar-refractivity contribution < 1.29 is 13.2 Å². The zero-order valence-corrected chi connectivity index (χ0v) is 11.2. The van der Waals surface area contributed by atoms with Crippen molar-refractivity contribution in [2.24, 2.45) is 5.14 Å². The monoisotopic (exact) mass is 291 g/mol. The first kappa shape index (κ1) is 14.0. The first-order valence-electron chi connectivity index (χ1n) is 5.66. The molecule has 0 fully saturated rings. The second-order valence-electron chi connectivity index (χ2n) is 4.12. The SMILES string of the molecule is Nc1ccc(C(=O)Nc2ccccc2S(N)(=O)=O)cc1. The number of rotatable bonds is 3. The van der Waals surface area contributed by atoms with Gasteiger partial charge in [0.2, 0.25) is 10.0 Å². The molecule has 7 heteroatoms. The van der Waals surface area contributed by atoms with E-state index >= 15 is 0 Å². The largest absolute Gasteiger partial charge is 0.399 e. The molecule has 0 heterocycles. The maximum Gasteiger partial charge on any atom is 0.255 e. The van der Waals surface area contributed by atoms with Crippen LogP contribution in [0, 0.1) is 0 Å². The molecule has 0 spiro atoms. The molecule has 6 nitrogen and oxygen atoms in total. The van der Waals surface area contributed by atoms with Crippen molar-refractivity contribution in [3.8, 4) is 0 Å². The molecule has 2 rings (SSSR count). The summed E-state index contributed by atoms with van der Waals surface area (Å²) in [7, 11) is -3.90. The summed E-state index contributed by atoms with van der Waals surface area (Å²) in [6.07, 6.45) is 0. The molecule has 0 saturated heterocycles. The molecule has 104 valence electrons. The van der Waals surface area contributed by atoms with Crippen LogP contribution in [-0.4, -0.2) is 14.3 Å². The second-order valence-corrected chi connectivity index (χ2v) is 5.65. The zero-order valence-electron chi connectivity index (χ0n) is 10.4. The number of para-hydroxylation sites is 1. The molecule has 0 aromatic heterocycles. The number of benzene rings is 2. The van der Waals surface area contributed by atoms with E-state index in [1.54, 1.807) is 30.3 Å². The van der Waals surface area contributed by atoms with Gasteiger partial charge in [0.05, 0.1) is 5.69 Å². The summed E-state index contributed by atoms with van der Waals surface area (Å²) in [4.78, 5) is 11.9. The maximum absolute atomic E-state index is 12.0. The number of primary sulfonamides is 1. The van der Waals surface area contributed by atoms with Gasteiger partial charge in [-0.1, -0.05) is 12.1 Å². The summed E-state index contributed by atoms with van der Waals surface area (Å²) in [6, 6.07) is 12.2. The van der Waals surface area contributed by atoms with Crippen LogP contribution in [0.1, 0.15) is 10.4 Å². The zero-order chi connectivity index (χ0) is 14.8. The Morgan fingerprint density at radius 1 is 1.00 bits per heavy atom. The number of hydrogen-bond acceptors (Lipinski definition) is 4. The Bertz CT molecular complexity index is 740. The van der Waals surface area contributed by atoms with Crippen molar-refractivity contribution in [1.82, 2.24) is 0 Å². The first-order valence-corrected chi connectivity index (χ1v) is 7.21. The molecule has 20 heavy (non-hydrogen) atoms. The predicted octanol–water partition coefficient (Wildman–Crippen LogP) is 1.17. The van der Waals surface area contributed by atoms with Gasteiger partial charge in [0.25, 0.3) is 5.91 Å². The number of amides is 1. The molecule has 0 aliphatic carbocycles. The van der Waals surface area contributed by atoms with Crippen molar-refractivity contribution >= 4 is 27.3 Å². The van der Waals surface area contributed by atoms with E-state index in [1.165, 1.54) is 18.2 Å². The van der Waals surface area contributed by atoms with Crippen LogP contribution in [-0.2, 0) is 10.0 Å². The van der Waals surface area contributed by atoms with E-state index < -0.39 is 15.9 Å². The predicted molar refractivity (Wildman–Crippen MR) is 76.6 cm³/mol. The number of carbonyl (C=O) groups is 1. The van der Waals surface area contributed by atoms with Gasteiger partial charge in [0.15, 0.2) is 0 Å². The smallest absolute Gasteiger partial charge is 0.255 e. The fourth-order valence-electron chi connectivity index (χ4n) is 1.65. The van der Waals surface area contributed by atoms with Crippen LogP contribution in [0.4, 0.5) is 11.4 Å². The highest BCUT2D eigenvalue weighted by atomic mass is 32.2. The molecule has 0 aliphatic heterocycles. The molecule has 5 N–H and O–H groups in total. The Kier molecular flexibility index (Phi) is 3.73. The summed E-state index contributed by atoms with van der Waals surface area (Å²) in [5.74, 6) is -0.443. The average molecular weight is 291 g/mol. The maximum atomic E-state index is 12.0. The van der Waals surface area contributed by atoms with Gasteiger partial charge in [-0.15, -0.1) is 0 Å². The van der Waals surface area contributed by atoms with Gasteiger partial charge >= 0.3 is 0 Å². The van der Waals surface area contributed by atoms with Crippen LogP contribution < -0.4 is 16.2 Å². The van der Waals surface area contributed by atoms with E-state index in [0.717, 1.165) is 0 Å².